The Morgan fingerprint density at radius 2 is 2.10 bits per heavy atom. The van der Waals surface area contributed by atoms with Gasteiger partial charge >= 0.3 is 0 Å². The molecular formula is C16H15FN2OS. The highest BCUT2D eigenvalue weighted by Gasteiger charge is 2.10. The molecule has 0 saturated carbocycles. The van der Waals surface area contributed by atoms with Gasteiger partial charge in [0.2, 0.25) is 0 Å². The number of nitriles is 1. The van der Waals surface area contributed by atoms with Crippen molar-refractivity contribution < 1.29 is 9.13 Å². The van der Waals surface area contributed by atoms with Gasteiger partial charge in [-0.15, -0.1) is 11.8 Å². The number of methoxy groups -OCH3 is 1. The molecule has 21 heavy (non-hydrogen) atoms. The van der Waals surface area contributed by atoms with Gasteiger partial charge in [0.1, 0.15) is 11.1 Å². The maximum absolute atomic E-state index is 13.6. The summed E-state index contributed by atoms with van der Waals surface area (Å²) >= 11 is 1.43. The zero-order valence-electron chi connectivity index (χ0n) is 12.1. The van der Waals surface area contributed by atoms with Crippen LogP contribution in [0.4, 0.5) is 4.39 Å². The van der Waals surface area contributed by atoms with Crippen LogP contribution in [0.5, 0.6) is 5.75 Å². The average Bonchev–Trinajstić information content (AvgIpc) is 2.44. The third-order valence-corrected chi connectivity index (χ3v) is 4.06. The second-order valence-electron chi connectivity index (χ2n) is 4.63. The number of aryl methyl sites for hydroxylation is 2. The fourth-order valence-electron chi connectivity index (χ4n) is 1.99. The van der Waals surface area contributed by atoms with E-state index in [0.717, 1.165) is 16.8 Å². The highest BCUT2D eigenvalue weighted by atomic mass is 32.2. The van der Waals surface area contributed by atoms with E-state index in [4.69, 9.17) is 4.74 Å². The van der Waals surface area contributed by atoms with Gasteiger partial charge in [-0.05, 0) is 43.2 Å². The lowest BCUT2D eigenvalue weighted by molar-refractivity contribution is 0.386. The van der Waals surface area contributed by atoms with Gasteiger partial charge in [-0.3, -0.25) is 0 Å². The van der Waals surface area contributed by atoms with Crippen molar-refractivity contribution in [2.24, 2.45) is 0 Å². The number of rotatable bonds is 4. The van der Waals surface area contributed by atoms with Gasteiger partial charge in [-0.2, -0.15) is 5.26 Å². The number of benzene rings is 1. The Labute approximate surface area is 127 Å². The predicted molar refractivity (Wildman–Crippen MR) is 80.9 cm³/mol. The molecule has 0 spiro atoms. The summed E-state index contributed by atoms with van der Waals surface area (Å²) in [7, 11) is 1.44. The van der Waals surface area contributed by atoms with Gasteiger partial charge in [-0.25, -0.2) is 9.37 Å². The first-order valence-electron chi connectivity index (χ1n) is 6.38. The number of ether oxygens (including phenoxy) is 1. The van der Waals surface area contributed by atoms with E-state index in [-0.39, 0.29) is 11.6 Å². The van der Waals surface area contributed by atoms with Crippen molar-refractivity contribution in [2.75, 3.05) is 7.11 Å². The SMILES string of the molecule is COc1ccc(CSc2nc(C)cc(C)c2C#N)cc1F. The van der Waals surface area contributed by atoms with E-state index in [1.165, 1.54) is 24.9 Å². The number of thioether (sulfide) groups is 1. The third kappa shape index (κ3) is 3.53. The largest absolute Gasteiger partial charge is 0.494 e. The Bertz CT molecular complexity index is 710. The van der Waals surface area contributed by atoms with Gasteiger partial charge in [0, 0.05) is 11.4 Å². The second-order valence-corrected chi connectivity index (χ2v) is 5.59. The van der Waals surface area contributed by atoms with Crippen molar-refractivity contribution >= 4 is 11.8 Å². The number of aromatic nitrogens is 1. The van der Waals surface area contributed by atoms with Crippen LogP contribution < -0.4 is 4.74 Å². The van der Waals surface area contributed by atoms with E-state index < -0.39 is 0 Å². The summed E-state index contributed by atoms with van der Waals surface area (Å²) < 4.78 is 18.5. The van der Waals surface area contributed by atoms with Gasteiger partial charge in [0.05, 0.1) is 12.7 Å². The zero-order chi connectivity index (χ0) is 15.4. The van der Waals surface area contributed by atoms with Crippen molar-refractivity contribution in [1.82, 2.24) is 4.98 Å². The molecule has 0 radical (unpaired) electrons. The molecule has 0 aliphatic heterocycles. The molecule has 5 heteroatoms. The Hall–Kier alpha value is -2.06. The highest BCUT2D eigenvalue weighted by molar-refractivity contribution is 7.98. The topological polar surface area (TPSA) is 45.9 Å². The van der Waals surface area contributed by atoms with Gasteiger partial charge < -0.3 is 4.74 Å². The third-order valence-electron chi connectivity index (χ3n) is 3.02. The number of pyridine rings is 1. The Kier molecular flexibility index (Phi) is 4.81. The Balaban J connectivity index is 2.21. The molecule has 1 heterocycles. The summed E-state index contributed by atoms with van der Waals surface area (Å²) in [5.74, 6) is 0.390. The minimum absolute atomic E-state index is 0.228. The quantitative estimate of drug-likeness (QED) is 0.801. The lowest BCUT2D eigenvalue weighted by atomic mass is 10.1. The van der Waals surface area contributed by atoms with Crippen LogP contribution in [-0.2, 0) is 5.75 Å². The monoisotopic (exact) mass is 302 g/mol. The smallest absolute Gasteiger partial charge is 0.165 e. The summed E-state index contributed by atoms with van der Waals surface area (Å²) in [4.78, 5) is 4.40. The van der Waals surface area contributed by atoms with E-state index in [2.05, 4.69) is 11.1 Å². The number of halogens is 1. The van der Waals surface area contributed by atoms with E-state index in [1.54, 1.807) is 6.07 Å². The molecule has 1 aromatic heterocycles. The van der Waals surface area contributed by atoms with E-state index >= 15 is 0 Å². The van der Waals surface area contributed by atoms with Crippen LogP contribution in [0, 0.1) is 31.0 Å². The summed E-state index contributed by atoms with van der Waals surface area (Å²) in [5.41, 5.74) is 3.19. The lowest BCUT2D eigenvalue weighted by Crippen LogP contribution is -1.95. The van der Waals surface area contributed by atoms with Crippen molar-refractivity contribution in [1.29, 1.82) is 5.26 Å². The minimum Gasteiger partial charge on any atom is -0.494 e. The maximum atomic E-state index is 13.6. The van der Waals surface area contributed by atoms with Crippen LogP contribution in [-0.4, -0.2) is 12.1 Å². The lowest BCUT2D eigenvalue weighted by Gasteiger charge is -2.08. The molecule has 0 aliphatic rings. The highest BCUT2D eigenvalue weighted by Crippen LogP contribution is 2.28. The fourth-order valence-corrected chi connectivity index (χ4v) is 3.04. The number of nitrogens with zero attached hydrogens (tertiary/aromatic N) is 2. The molecule has 2 rings (SSSR count). The normalized spacial score (nSPS) is 10.2. The standard InChI is InChI=1S/C16H15FN2OS/c1-10-6-11(2)19-16(13(10)8-18)21-9-12-4-5-15(20-3)14(17)7-12/h4-7H,9H2,1-3H3. The Morgan fingerprint density at radius 1 is 1.33 bits per heavy atom. The fraction of sp³-hybridized carbons (Fsp3) is 0.250. The molecule has 3 nitrogen and oxygen atoms in total. The number of hydrogen-bond acceptors (Lipinski definition) is 4. The first-order chi connectivity index (χ1) is 10.0. The number of hydrogen-bond donors (Lipinski definition) is 0. The van der Waals surface area contributed by atoms with Crippen molar-refractivity contribution in [3.05, 3.63) is 52.5 Å². The first-order valence-corrected chi connectivity index (χ1v) is 7.37. The van der Waals surface area contributed by atoms with E-state index in [0.29, 0.717) is 16.3 Å². The summed E-state index contributed by atoms with van der Waals surface area (Å²) in [6.07, 6.45) is 0. The Morgan fingerprint density at radius 3 is 2.71 bits per heavy atom. The predicted octanol–water partition coefficient (Wildman–Crippen LogP) is 4.01. The van der Waals surface area contributed by atoms with Crippen LogP contribution in [0.25, 0.3) is 0 Å². The molecule has 2 aromatic rings. The van der Waals surface area contributed by atoms with Crippen LogP contribution >= 0.6 is 11.8 Å². The first kappa shape index (κ1) is 15.3. The van der Waals surface area contributed by atoms with Crippen molar-refractivity contribution in [3.8, 4) is 11.8 Å². The van der Waals surface area contributed by atoms with E-state index in [9.17, 15) is 9.65 Å². The van der Waals surface area contributed by atoms with Gasteiger partial charge in [-0.1, -0.05) is 6.07 Å². The van der Waals surface area contributed by atoms with Gasteiger partial charge in [0.25, 0.3) is 0 Å². The van der Waals surface area contributed by atoms with Crippen LogP contribution in [0.15, 0.2) is 29.3 Å². The summed E-state index contributed by atoms with van der Waals surface area (Å²) in [5, 5.41) is 9.91. The van der Waals surface area contributed by atoms with Crippen molar-refractivity contribution in [3.63, 3.8) is 0 Å². The molecule has 0 atom stereocenters. The second kappa shape index (κ2) is 6.59. The van der Waals surface area contributed by atoms with E-state index in [1.807, 2.05) is 26.0 Å². The zero-order valence-corrected chi connectivity index (χ0v) is 12.9. The molecule has 0 N–H and O–H groups in total. The average molecular weight is 302 g/mol. The molecule has 1 aromatic carbocycles. The minimum atomic E-state index is -0.385. The molecule has 108 valence electrons. The molecule has 0 amide bonds. The molecule has 0 bridgehead atoms. The molecule has 0 fully saturated rings. The molecule has 0 unspecified atom stereocenters. The molecule has 0 saturated heterocycles. The van der Waals surface area contributed by atoms with Crippen LogP contribution in [0.2, 0.25) is 0 Å². The molecule has 0 aliphatic carbocycles. The summed E-state index contributed by atoms with van der Waals surface area (Å²) in [6, 6.07) is 8.92. The maximum Gasteiger partial charge on any atom is 0.165 e. The molecular weight excluding hydrogens is 287 g/mol. The van der Waals surface area contributed by atoms with Crippen molar-refractivity contribution in [2.45, 2.75) is 24.6 Å². The summed E-state index contributed by atoms with van der Waals surface area (Å²) in [6.45, 7) is 3.79. The van der Waals surface area contributed by atoms with Gasteiger partial charge in [0.15, 0.2) is 11.6 Å². The van der Waals surface area contributed by atoms with Crippen LogP contribution in [0.1, 0.15) is 22.4 Å². The van der Waals surface area contributed by atoms with Crippen LogP contribution in [0.3, 0.4) is 0 Å².